The third-order valence-corrected chi connectivity index (χ3v) is 4.44. The Morgan fingerprint density at radius 1 is 1.16 bits per heavy atom. The van der Waals surface area contributed by atoms with Crippen molar-refractivity contribution in [1.82, 2.24) is 10.6 Å². The Bertz CT molecular complexity index is 661. The summed E-state index contributed by atoms with van der Waals surface area (Å²) in [6.07, 6.45) is 2.12. The number of hydrogen-bond donors (Lipinski definition) is 2. The Labute approximate surface area is 155 Å². The zero-order valence-corrected chi connectivity index (χ0v) is 15.2. The van der Waals surface area contributed by atoms with Crippen molar-refractivity contribution >= 4 is 18.3 Å². The second-order valence-corrected chi connectivity index (χ2v) is 6.26. The second kappa shape index (κ2) is 9.44. The normalized spacial score (nSPS) is 19.6. The first-order valence-corrected chi connectivity index (χ1v) is 8.53. The number of ether oxygens (including phenoxy) is 1. The quantitative estimate of drug-likeness (QED) is 0.857. The fraction of sp³-hybridized carbons (Fsp3) is 0.350. The summed E-state index contributed by atoms with van der Waals surface area (Å²) in [6, 6.07) is 17.9. The Balaban J connectivity index is 0.00000225. The van der Waals surface area contributed by atoms with E-state index >= 15 is 0 Å². The number of halogens is 1. The number of rotatable bonds is 5. The number of carbonyl (C=O) groups is 1. The van der Waals surface area contributed by atoms with E-state index in [1.54, 1.807) is 0 Å². The number of amides is 1. The van der Waals surface area contributed by atoms with E-state index in [2.05, 4.69) is 17.6 Å². The van der Waals surface area contributed by atoms with Gasteiger partial charge in [0.15, 0.2) is 0 Å². The minimum absolute atomic E-state index is 0. The molecule has 25 heavy (non-hydrogen) atoms. The van der Waals surface area contributed by atoms with Crippen LogP contribution in [0.3, 0.4) is 0 Å². The van der Waals surface area contributed by atoms with Gasteiger partial charge in [0.05, 0.1) is 0 Å². The highest BCUT2D eigenvalue weighted by Gasteiger charge is 2.22. The number of nitrogens with one attached hydrogen (secondary N) is 2. The molecule has 2 aromatic rings. The highest BCUT2D eigenvalue weighted by atomic mass is 35.5. The van der Waals surface area contributed by atoms with Gasteiger partial charge in [-0.3, -0.25) is 4.79 Å². The summed E-state index contributed by atoms with van der Waals surface area (Å²) in [5.74, 6) is 0.744. The summed E-state index contributed by atoms with van der Waals surface area (Å²) in [5, 5.41) is 6.52. The molecule has 1 aliphatic heterocycles. The minimum Gasteiger partial charge on any atom is -0.489 e. The molecule has 0 aromatic heterocycles. The van der Waals surface area contributed by atoms with Gasteiger partial charge in [0.2, 0.25) is 0 Å². The molecule has 134 valence electrons. The third-order valence-electron chi connectivity index (χ3n) is 4.44. The summed E-state index contributed by atoms with van der Waals surface area (Å²) in [5.41, 5.74) is 1.79. The van der Waals surface area contributed by atoms with Gasteiger partial charge in [-0.2, -0.15) is 0 Å². The maximum atomic E-state index is 12.4. The van der Waals surface area contributed by atoms with Gasteiger partial charge in [0.1, 0.15) is 12.4 Å². The fourth-order valence-corrected chi connectivity index (χ4v) is 2.94. The maximum absolute atomic E-state index is 12.4. The maximum Gasteiger partial charge on any atom is 0.251 e. The van der Waals surface area contributed by atoms with Crippen LogP contribution in [0.15, 0.2) is 54.6 Å². The molecule has 1 amide bonds. The van der Waals surface area contributed by atoms with E-state index in [0.29, 0.717) is 18.2 Å². The van der Waals surface area contributed by atoms with Crippen molar-refractivity contribution in [2.24, 2.45) is 0 Å². The molecule has 0 spiro atoms. The topological polar surface area (TPSA) is 50.4 Å². The Hall–Kier alpha value is -2.04. The van der Waals surface area contributed by atoms with Crippen LogP contribution in [-0.2, 0) is 6.61 Å². The molecule has 3 rings (SSSR count). The van der Waals surface area contributed by atoms with Gasteiger partial charge in [0, 0.05) is 17.6 Å². The van der Waals surface area contributed by atoms with E-state index in [9.17, 15) is 4.79 Å². The summed E-state index contributed by atoms with van der Waals surface area (Å²) in [4.78, 5) is 12.4. The molecule has 2 atom stereocenters. The average Bonchev–Trinajstić information content (AvgIpc) is 2.63. The molecule has 5 heteroatoms. The lowest BCUT2D eigenvalue weighted by Gasteiger charge is -2.30. The van der Waals surface area contributed by atoms with E-state index in [4.69, 9.17) is 4.74 Å². The summed E-state index contributed by atoms with van der Waals surface area (Å²) >= 11 is 0. The minimum atomic E-state index is -0.0230. The zero-order chi connectivity index (χ0) is 16.8. The van der Waals surface area contributed by atoms with Crippen molar-refractivity contribution in [3.8, 4) is 5.75 Å². The zero-order valence-electron chi connectivity index (χ0n) is 14.4. The van der Waals surface area contributed by atoms with Gasteiger partial charge in [-0.25, -0.2) is 0 Å². The molecule has 2 unspecified atom stereocenters. The fourth-order valence-electron chi connectivity index (χ4n) is 2.94. The number of hydrogen-bond acceptors (Lipinski definition) is 3. The Morgan fingerprint density at radius 2 is 1.88 bits per heavy atom. The van der Waals surface area contributed by atoms with Crippen LogP contribution in [-0.4, -0.2) is 24.5 Å². The largest absolute Gasteiger partial charge is 0.489 e. The predicted molar refractivity (Wildman–Crippen MR) is 102 cm³/mol. The van der Waals surface area contributed by atoms with Crippen LogP contribution in [0.1, 0.15) is 35.7 Å². The van der Waals surface area contributed by atoms with E-state index < -0.39 is 0 Å². The number of piperidine rings is 1. The van der Waals surface area contributed by atoms with E-state index in [-0.39, 0.29) is 24.4 Å². The molecule has 0 aliphatic carbocycles. The van der Waals surface area contributed by atoms with Crippen molar-refractivity contribution in [2.75, 3.05) is 6.54 Å². The van der Waals surface area contributed by atoms with Crippen molar-refractivity contribution in [1.29, 1.82) is 0 Å². The molecule has 0 bridgehead atoms. The van der Waals surface area contributed by atoms with Crippen LogP contribution in [0.4, 0.5) is 0 Å². The first-order valence-electron chi connectivity index (χ1n) is 8.53. The van der Waals surface area contributed by atoms with Crippen LogP contribution in [0.2, 0.25) is 0 Å². The van der Waals surface area contributed by atoms with Crippen LogP contribution in [0.5, 0.6) is 5.75 Å². The summed E-state index contributed by atoms with van der Waals surface area (Å²) in [7, 11) is 0. The highest BCUT2D eigenvalue weighted by Crippen LogP contribution is 2.15. The molecular weight excluding hydrogens is 336 g/mol. The summed E-state index contributed by atoms with van der Waals surface area (Å²) in [6.45, 7) is 3.67. The van der Waals surface area contributed by atoms with E-state index in [0.717, 1.165) is 30.7 Å². The molecule has 2 N–H and O–H groups in total. The van der Waals surface area contributed by atoms with Gasteiger partial charge in [-0.1, -0.05) is 30.3 Å². The lowest BCUT2D eigenvalue weighted by molar-refractivity contribution is 0.0920. The van der Waals surface area contributed by atoms with Crippen molar-refractivity contribution in [2.45, 2.75) is 38.5 Å². The Morgan fingerprint density at radius 3 is 2.56 bits per heavy atom. The molecule has 0 radical (unpaired) electrons. The van der Waals surface area contributed by atoms with Crippen LogP contribution in [0, 0.1) is 0 Å². The Kier molecular flexibility index (Phi) is 7.29. The van der Waals surface area contributed by atoms with Gasteiger partial charge >= 0.3 is 0 Å². The van der Waals surface area contributed by atoms with Gasteiger partial charge in [-0.15, -0.1) is 12.4 Å². The molecule has 0 saturated carbocycles. The van der Waals surface area contributed by atoms with Gasteiger partial charge in [0.25, 0.3) is 5.91 Å². The molecule has 4 nitrogen and oxygen atoms in total. The smallest absolute Gasteiger partial charge is 0.251 e. The predicted octanol–water partition coefficient (Wildman–Crippen LogP) is 3.56. The third kappa shape index (κ3) is 5.48. The molecule has 2 aromatic carbocycles. The van der Waals surface area contributed by atoms with Crippen molar-refractivity contribution < 1.29 is 9.53 Å². The van der Waals surface area contributed by atoms with Crippen molar-refractivity contribution in [3.63, 3.8) is 0 Å². The molecule has 1 fully saturated rings. The molecule has 1 heterocycles. The second-order valence-electron chi connectivity index (χ2n) is 6.26. The van der Waals surface area contributed by atoms with Crippen LogP contribution >= 0.6 is 12.4 Å². The monoisotopic (exact) mass is 360 g/mol. The molecule has 1 aliphatic rings. The van der Waals surface area contributed by atoms with E-state index in [1.807, 2.05) is 54.6 Å². The van der Waals surface area contributed by atoms with Crippen LogP contribution in [0.25, 0.3) is 0 Å². The van der Waals surface area contributed by atoms with E-state index in [1.165, 1.54) is 0 Å². The van der Waals surface area contributed by atoms with Gasteiger partial charge in [-0.05, 0) is 56.1 Å². The number of benzene rings is 2. The average molecular weight is 361 g/mol. The summed E-state index contributed by atoms with van der Waals surface area (Å²) < 4.78 is 5.75. The van der Waals surface area contributed by atoms with Crippen molar-refractivity contribution in [3.05, 3.63) is 65.7 Å². The SMILES string of the molecule is CC1NCCCC1NC(=O)c1ccc(OCc2ccccc2)cc1.Cl. The standard InChI is InChI=1S/C20H24N2O2.ClH/c1-15-19(8-5-13-21-15)22-20(23)17-9-11-18(12-10-17)24-14-16-6-3-2-4-7-16;/h2-4,6-7,9-12,15,19,21H,5,8,13-14H2,1H3,(H,22,23);1H. The first-order chi connectivity index (χ1) is 11.7. The van der Waals surface area contributed by atoms with Crippen LogP contribution < -0.4 is 15.4 Å². The molecule has 1 saturated heterocycles. The lowest BCUT2D eigenvalue weighted by Crippen LogP contribution is -2.51. The first kappa shape index (κ1) is 19.3. The highest BCUT2D eigenvalue weighted by molar-refractivity contribution is 5.94. The number of carbonyl (C=O) groups excluding carboxylic acids is 1. The molecular formula is C20H25ClN2O2. The van der Waals surface area contributed by atoms with Gasteiger partial charge < -0.3 is 15.4 Å². The lowest BCUT2D eigenvalue weighted by atomic mass is 9.99.